The number of anilines is 1. The van der Waals surface area contributed by atoms with Gasteiger partial charge in [-0.15, -0.1) is 0 Å². The molecule has 2 aliphatic heterocycles. The first-order chi connectivity index (χ1) is 17.0. The number of benzene rings is 3. The fraction of sp³-hybridized carbons (Fsp3) is 0.185. The van der Waals surface area contributed by atoms with Gasteiger partial charge in [-0.3, -0.25) is 9.69 Å². The molecule has 3 aromatic rings. The van der Waals surface area contributed by atoms with E-state index in [4.69, 9.17) is 16.3 Å². The highest BCUT2D eigenvalue weighted by Gasteiger charge is 2.38. The molecule has 0 unspecified atom stereocenters. The second-order valence-electron chi connectivity index (χ2n) is 8.32. The normalized spacial score (nSPS) is 17.7. The van der Waals surface area contributed by atoms with E-state index in [0.717, 1.165) is 16.8 Å². The third kappa shape index (κ3) is 5.00. The third-order valence-corrected chi connectivity index (χ3v) is 7.49. The molecule has 3 aromatic carbocycles. The van der Waals surface area contributed by atoms with Crippen LogP contribution in [0.2, 0.25) is 5.02 Å². The Morgan fingerprint density at radius 3 is 2.46 bits per heavy atom. The minimum Gasteiger partial charge on any atom is -0.489 e. The Morgan fingerprint density at radius 2 is 1.77 bits per heavy atom. The summed E-state index contributed by atoms with van der Waals surface area (Å²) in [6.07, 6.45) is 0.217. The number of hydrogen-bond donors (Lipinski definition) is 0. The molecule has 1 atom stereocenters. The maximum absolute atomic E-state index is 13.3. The highest BCUT2D eigenvalue weighted by atomic mass is 35.5. The Balaban J connectivity index is 1.31. The number of amides is 1. The van der Waals surface area contributed by atoms with E-state index in [1.165, 1.54) is 23.9 Å². The molecule has 0 N–H and O–H groups in total. The lowest BCUT2D eigenvalue weighted by Gasteiger charge is -2.42. The Bertz CT molecular complexity index is 1300. The number of carbonyl (C=O) groups is 1. The van der Waals surface area contributed by atoms with Gasteiger partial charge in [-0.2, -0.15) is 5.26 Å². The van der Waals surface area contributed by atoms with Gasteiger partial charge in [0.25, 0.3) is 0 Å². The van der Waals surface area contributed by atoms with Crippen molar-refractivity contribution in [2.45, 2.75) is 18.9 Å². The maximum atomic E-state index is 13.3. The van der Waals surface area contributed by atoms with Crippen LogP contribution >= 0.6 is 23.4 Å². The lowest BCUT2D eigenvalue weighted by molar-refractivity contribution is -0.129. The van der Waals surface area contributed by atoms with Gasteiger partial charge in [-0.1, -0.05) is 47.6 Å². The molecule has 1 fully saturated rings. The van der Waals surface area contributed by atoms with Gasteiger partial charge in [0.1, 0.15) is 18.2 Å². The molecule has 0 saturated carbocycles. The number of allylic oxidation sites excluding steroid dienone is 1. The zero-order valence-electron chi connectivity index (χ0n) is 18.7. The molecule has 5 nitrogen and oxygen atoms in total. The van der Waals surface area contributed by atoms with Crippen LogP contribution in [0.4, 0.5) is 10.1 Å². The zero-order valence-corrected chi connectivity index (χ0v) is 20.2. The van der Waals surface area contributed by atoms with E-state index in [9.17, 15) is 14.4 Å². The molecule has 1 saturated heterocycles. The van der Waals surface area contributed by atoms with Crippen LogP contribution in [-0.2, 0) is 11.4 Å². The quantitative estimate of drug-likeness (QED) is 0.408. The molecular weight excluding hydrogens is 485 g/mol. The standard InChI is InChI=1S/C27H21ClFN3O2S/c28-20-5-1-18(2-6-20)15-34-23-11-3-19(4-12-23)24-13-26(33)32-16-31(17-35-27(32)25(24)14-30)22-9-7-21(29)8-10-22/h1-12,24H,13,15-17H2/t24-/m0/s1. The van der Waals surface area contributed by atoms with Gasteiger partial charge in [0.15, 0.2) is 0 Å². The van der Waals surface area contributed by atoms with Crippen molar-refractivity contribution in [2.75, 3.05) is 17.4 Å². The molecule has 176 valence electrons. The average Bonchev–Trinajstić information content (AvgIpc) is 2.89. The number of ether oxygens (including phenoxy) is 1. The molecule has 0 radical (unpaired) electrons. The summed E-state index contributed by atoms with van der Waals surface area (Å²) in [6, 6.07) is 23.6. The largest absolute Gasteiger partial charge is 0.489 e. The van der Waals surface area contributed by atoms with Crippen molar-refractivity contribution in [2.24, 2.45) is 0 Å². The van der Waals surface area contributed by atoms with Gasteiger partial charge in [0.2, 0.25) is 5.91 Å². The number of nitrogens with zero attached hydrogens (tertiary/aromatic N) is 3. The Kier molecular flexibility index (Phi) is 6.67. The minimum absolute atomic E-state index is 0.0358. The minimum atomic E-state index is -0.302. The van der Waals surface area contributed by atoms with Crippen LogP contribution in [-0.4, -0.2) is 23.4 Å². The number of halogens is 2. The Morgan fingerprint density at radius 1 is 1.06 bits per heavy atom. The molecule has 8 heteroatoms. The number of carbonyl (C=O) groups excluding carboxylic acids is 1. The highest BCUT2D eigenvalue weighted by Crippen LogP contribution is 2.43. The molecule has 2 aliphatic rings. The Hall–Kier alpha value is -3.47. The number of thioether (sulfide) groups is 1. The molecule has 35 heavy (non-hydrogen) atoms. The average molecular weight is 506 g/mol. The third-order valence-electron chi connectivity index (χ3n) is 6.09. The fourth-order valence-electron chi connectivity index (χ4n) is 4.21. The van der Waals surface area contributed by atoms with Crippen LogP contribution in [0.15, 0.2) is 83.4 Å². The van der Waals surface area contributed by atoms with Gasteiger partial charge in [0, 0.05) is 23.0 Å². The van der Waals surface area contributed by atoms with Gasteiger partial charge in [-0.05, 0) is 59.7 Å². The monoisotopic (exact) mass is 505 g/mol. The first-order valence-electron chi connectivity index (χ1n) is 11.1. The summed E-state index contributed by atoms with van der Waals surface area (Å²) in [6.45, 7) is 0.754. The van der Waals surface area contributed by atoms with E-state index in [0.29, 0.717) is 40.5 Å². The van der Waals surface area contributed by atoms with Crippen LogP contribution in [0.3, 0.4) is 0 Å². The van der Waals surface area contributed by atoms with Crippen LogP contribution in [0.5, 0.6) is 5.75 Å². The first-order valence-corrected chi connectivity index (χ1v) is 12.4. The Labute approximate surface area is 212 Å². The van der Waals surface area contributed by atoms with E-state index >= 15 is 0 Å². The van der Waals surface area contributed by atoms with Crippen LogP contribution in [0, 0.1) is 17.1 Å². The van der Waals surface area contributed by atoms with Crippen LogP contribution < -0.4 is 9.64 Å². The van der Waals surface area contributed by atoms with Crippen molar-refractivity contribution < 1.29 is 13.9 Å². The topological polar surface area (TPSA) is 56.6 Å². The number of fused-ring (bicyclic) bond motifs is 1. The molecular formula is C27H21ClFN3O2S. The van der Waals surface area contributed by atoms with Crippen LogP contribution in [0.25, 0.3) is 0 Å². The van der Waals surface area contributed by atoms with E-state index < -0.39 is 0 Å². The van der Waals surface area contributed by atoms with E-state index in [-0.39, 0.29) is 24.1 Å². The molecule has 1 amide bonds. The van der Waals surface area contributed by atoms with Crippen molar-refractivity contribution in [1.82, 2.24) is 4.90 Å². The zero-order chi connectivity index (χ0) is 24.4. The van der Waals surface area contributed by atoms with Gasteiger partial charge >= 0.3 is 0 Å². The summed E-state index contributed by atoms with van der Waals surface area (Å²) in [5.41, 5.74) is 3.35. The van der Waals surface area contributed by atoms with Crippen molar-refractivity contribution in [1.29, 1.82) is 5.26 Å². The van der Waals surface area contributed by atoms with Crippen molar-refractivity contribution in [3.63, 3.8) is 0 Å². The summed E-state index contributed by atoms with van der Waals surface area (Å²) < 4.78 is 19.2. The van der Waals surface area contributed by atoms with E-state index in [2.05, 4.69) is 6.07 Å². The van der Waals surface area contributed by atoms with Gasteiger partial charge in [-0.25, -0.2) is 4.39 Å². The number of nitriles is 1. The smallest absolute Gasteiger partial charge is 0.229 e. The predicted octanol–water partition coefficient (Wildman–Crippen LogP) is 6.28. The second kappa shape index (κ2) is 10.0. The van der Waals surface area contributed by atoms with Crippen molar-refractivity contribution in [3.05, 3.63) is 105 Å². The van der Waals surface area contributed by atoms with Crippen molar-refractivity contribution >= 4 is 35.0 Å². The second-order valence-corrected chi connectivity index (χ2v) is 9.69. The summed E-state index contributed by atoms with van der Waals surface area (Å²) in [5, 5.41) is 11.4. The van der Waals surface area contributed by atoms with Gasteiger partial charge < -0.3 is 9.64 Å². The lowest BCUT2D eigenvalue weighted by Crippen LogP contribution is -2.47. The molecule has 0 aliphatic carbocycles. The molecule has 2 heterocycles. The lowest BCUT2D eigenvalue weighted by atomic mass is 9.86. The molecule has 0 bridgehead atoms. The summed E-state index contributed by atoms with van der Waals surface area (Å²) in [5.74, 6) is 0.644. The maximum Gasteiger partial charge on any atom is 0.229 e. The number of hydrogen-bond acceptors (Lipinski definition) is 5. The molecule has 5 rings (SSSR count). The SMILES string of the molecule is N#CC1=C2SCN(c3ccc(F)cc3)CN2C(=O)C[C@H]1c1ccc(OCc2ccc(Cl)cc2)cc1. The van der Waals surface area contributed by atoms with E-state index in [1.54, 1.807) is 17.0 Å². The number of rotatable bonds is 5. The summed E-state index contributed by atoms with van der Waals surface area (Å²) >= 11 is 7.39. The molecule has 0 spiro atoms. The predicted molar refractivity (Wildman–Crippen MR) is 135 cm³/mol. The van der Waals surface area contributed by atoms with Crippen molar-refractivity contribution in [3.8, 4) is 11.8 Å². The van der Waals surface area contributed by atoms with E-state index in [1.807, 2.05) is 53.4 Å². The summed E-state index contributed by atoms with van der Waals surface area (Å²) in [7, 11) is 0. The highest BCUT2D eigenvalue weighted by molar-refractivity contribution is 8.03. The van der Waals surface area contributed by atoms with Crippen LogP contribution in [0.1, 0.15) is 23.5 Å². The fourth-order valence-corrected chi connectivity index (χ4v) is 5.50. The molecule has 0 aromatic heterocycles. The first kappa shape index (κ1) is 23.3. The summed E-state index contributed by atoms with van der Waals surface area (Å²) in [4.78, 5) is 16.8. The van der Waals surface area contributed by atoms with Gasteiger partial charge in [0.05, 0.1) is 29.2 Å².